The van der Waals surface area contributed by atoms with Gasteiger partial charge in [-0.1, -0.05) is 13.8 Å². The number of benzene rings is 1. The molecular weight excluding hydrogens is 342 g/mol. The molecule has 0 aliphatic heterocycles. The molecule has 2 aliphatic rings. The SMILES string of the molecule is CCc1cc(ON)cc(CC)c1C1C(=O)CC2(CCC(OC)CC2)CC1=O. The van der Waals surface area contributed by atoms with Crippen LogP contribution in [0.2, 0.25) is 0 Å². The Morgan fingerprint density at radius 3 is 1.96 bits per heavy atom. The first-order valence-electron chi connectivity index (χ1n) is 10.1. The van der Waals surface area contributed by atoms with E-state index in [4.69, 9.17) is 15.5 Å². The third-order valence-electron chi connectivity index (χ3n) is 6.58. The maximum Gasteiger partial charge on any atom is 0.148 e. The highest BCUT2D eigenvalue weighted by atomic mass is 16.6. The molecule has 0 unspecified atom stereocenters. The van der Waals surface area contributed by atoms with Gasteiger partial charge in [0.2, 0.25) is 0 Å². The van der Waals surface area contributed by atoms with E-state index in [0.717, 1.165) is 55.2 Å². The van der Waals surface area contributed by atoms with E-state index in [9.17, 15) is 9.59 Å². The second-order valence-electron chi connectivity index (χ2n) is 8.13. The number of carbonyl (C=O) groups excluding carboxylic acids is 2. The molecule has 2 saturated carbocycles. The Morgan fingerprint density at radius 1 is 1.04 bits per heavy atom. The lowest BCUT2D eigenvalue weighted by Crippen LogP contribution is -2.42. The summed E-state index contributed by atoms with van der Waals surface area (Å²) in [4.78, 5) is 31.3. The number of rotatable bonds is 5. The molecule has 27 heavy (non-hydrogen) atoms. The zero-order valence-corrected chi connectivity index (χ0v) is 16.7. The Hall–Kier alpha value is -1.72. The quantitative estimate of drug-likeness (QED) is 0.629. The normalized spacial score (nSPS) is 28.6. The fraction of sp³-hybridized carbons (Fsp3) is 0.636. The van der Waals surface area contributed by atoms with Crippen LogP contribution in [0.5, 0.6) is 5.75 Å². The molecule has 0 amide bonds. The van der Waals surface area contributed by atoms with E-state index in [1.165, 1.54) is 0 Å². The number of ether oxygens (including phenoxy) is 1. The van der Waals surface area contributed by atoms with E-state index < -0.39 is 5.92 Å². The van der Waals surface area contributed by atoms with Crippen LogP contribution < -0.4 is 10.7 Å². The van der Waals surface area contributed by atoms with E-state index >= 15 is 0 Å². The molecule has 0 bridgehead atoms. The predicted octanol–water partition coefficient (Wildman–Crippen LogP) is 3.65. The predicted molar refractivity (Wildman–Crippen MR) is 104 cm³/mol. The van der Waals surface area contributed by atoms with Gasteiger partial charge in [-0.15, -0.1) is 0 Å². The van der Waals surface area contributed by atoms with Crippen molar-refractivity contribution in [2.24, 2.45) is 11.3 Å². The Bertz CT molecular complexity index is 674. The number of aryl methyl sites for hydroxylation is 2. The molecule has 0 heterocycles. The molecule has 0 saturated heterocycles. The smallest absolute Gasteiger partial charge is 0.148 e. The van der Waals surface area contributed by atoms with Crippen LogP contribution in [0.4, 0.5) is 0 Å². The van der Waals surface area contributed by atoms with Crippen molar-refractivity contribution in [2.45, 2.75) is 77.2 Å². The van der Waals surface area contributed by atoms with Crippen molar-refractivity contribution in [2.75, 3.05) is 7.11 Å². The van der Waals surface area contributed by atoms with Gasteiger partial charge in [-0.2, -0.15) is 5.90 Å². The number of hydrogen-bond acceptors (Lipinski definition) is 5. The summed E-state index contributed by atoms with van der Waals surface area (Å²) in [6, 6.07) is 3.73. The van der Waals surface area contributed by atoms with E-state index in [1.54, 1.807) is 7.11 Å². The summed E-state index contributed by atoms with van der Waals surface area (Å²) < 4.78 is 5.46. The van der Waals surface area contributed by atoms with Gasteiger partial charge in [0.1, 0.15) is 23.2 Å². The van der Waals surface area contributed by atoms with Crippen molar-refractivity contribution in [1.82, 2.24) is 0 Å². The van der Waals surface area contributed by atoms with Gasteiger partial charge in [0.15, 0.2) is 0 Å². The molecule has 1 aromatic carbocycles. The molecule has 1 spiro atoms. The largest absolute Gasteiger partial charge is 0.412 e. The maximum absolute atomic E-state index is 13.2. The van der Waals surface area contributed by atoms with Crippen molar-refractivity contribution in [3.8, 4) is 5.75 Å². The summed E-state index contributed by atoms with van der Waals surface area (Å²) in [5, 5.41) is 0. The maximum atomic E-state index is 13.2. The summed E-state index contributed by atoms with van der Waals surface area (Å²) in [5.41, 5.74) is 2.72. The highest BCUT2D eigenvalue weighted by Gasteiger charge is 2.47. The zero-order chi connectivity index (χ0) is 19.6. The minimum atomic E-state index is -0.632. The summed E-state index contributed by atoms with van der Waals surface area (Å²) in [5.74, 6) is 5.45. The van der Waals surface area contributed by atoms with Crippen LogP contribution in [0.1, 0.15) is 75.0 Å². The molecule has 2 fully saturated rings. The summed E-state index contributed by atoms with van der Waals surface area (Å²) in [6.45, 7) is 4.06. The van der Waals surface area contributed by atoms with Gasteiger partial charge in [-0.25, -0.2) is 0 Å². The molecule has 1 aromatic rings. The Morgan fingerprint density at radius 2 is 1.56 bits per heavy atom. The van der Waals surface area contributed by atoms with Gasteiger partial charge in [-0.3, -0.25) is 9.59 Å². The van der Waals surface area contributed by atoms with Crippen molar-refractivity contribution in [3.63, 3.8) is 0 Å². The number of Topliss-reactive ketones (excluding diaryl/α,β-unsaturated/α-hetero) is 2. The standard InChI is InChI=1S/C22H31NO4/c1-4-14-10-17(27-23)11-15(5-2)20(14)21-18(24)12-22(13-19(21)25)8-6-16(26-3)7-9-22/h10-11,16,21H,4-9,12-13,23H2,1-3H3. The lowest BCUT2D eigenvalue weighted by Gasteiger charge is -2.43. The van der Waals surface area contributed by atoms with Crippen LogP contribution in [-0.2, 0) is 27.2 Å². The number of methoxy groups -OCH3 is 1. The minimum Gasteiger partial charge on any atom is -0.412 e. The van der Waals surface area contributed by atoms with Gasteiger partial charge in [0.25, 0.3) is 0 Å². The molecule has 0 radical (unpaired) electrons. The van der Waals surface area contributed by atoms with Gasteiger partial charge >= 0.3 is 0 Å². The van der Waals surface area contributed by atoms with Crippen molar-refractivity contribution >= 4 is 11.6 Å². The average molecular weight is 373 g/mol. The fourth-order valence-corrected chi connectivity index (χ4v) is 5.07. The molecule has 0 atom stereocenters. The van der Waals surface area contributed by atoms with Crippen LogP contribution in [0.15, 0.2) is 12.1 Å². The molecule has 0 aromatic heterocycles. The van der Waals surface area contributed by atoms with Crippen LogP contribution in [0.25, 0.3) is 0 Å². The first kappa shape index (κ1) is 20.0. The Labute approximate surface area is 161 Å². The number of nitrogens with two attached hydrogens (primary N) is 1. The van der Waals surface area contributed by atoms with E-state index in [-0.39, 0.29) is 23.1 Å². The topological polar surface area (TPSA) is 78.6 Å². The van der Waals surface area contributed by atoms with Gasteiger partial charge in [-0.05, 0) is 72.8 Å². The monoisotopic (exact) mass is 373 g/mol. The molecule has 2 aliphatic carbocycles. The number of ketones is 2. The summed E-state index contributed by atoms with van der Waals surface area (Å²) in [6.07, 6.45) is 6.40. The molecule has 2 N–H and O–H groups in total. The molecule has 5 heteroatoms. The van der Waals surface area contributed by atoms with Crippen LogP contribution in [0, 0.1) is 5.41 Å². The molecule has 3 rings (SSSR count). The second-order valence-corrected chi connectivity index (χ2v) is 8.13. The van der Waals surface area contributed by atoms with Crippen molar-refractivity contribution in [3.05, 3.63) is 28.8 Å². The van der Waals surface area contributed by atoms with Gasteiger partial charge in [0, 0.05) is 20.0 Å². The van der Waals surface area contributed by atoms with E-state index in [0.29, 0.717) is 18.6 Å². The first-order valence-corrected chi connectivity index (χ1v) is 10.1. The first-order chi connectivity index (χ1) is 13.0. The van der Waals surface area contributed by atoms with Gasteiger partial charge < -0.3 is 9.57 Å². The van der Waals surface area contributed by atoms with Crippen molar-refractivity contribution < 1.29 is 19.2 Å². The van der Waals surface area contributed by atoms with E-state index in [2.05, 4.69) is 0 Å². The molecule has 5 nitrogen and oxygen atoms in total. The lowest BCUT2D eigenvalue weighted by molar-refractivity contribution is -0.138. The fourth-order valence-electron chi connectivity index (χ4n) is 5.07. The Kier molecular flexibility index (Phi) is 6.02. The summed E-state index contributed by atoms with van der Waals surface area (Å²) in [7, 11) is 1.74. The van der Waals surface area contributed by atoms with Crippen molar-refractivity contribution in [1.29, 1.82) is 0 Å². The van der Waals surface area contributed by atoms with Crippen LogP contribution in [0.3, 0.4) is 0 Å². The van der Waals surface area contributed by atoms with E-state index in [1.807, 2.05) is 26.0 Å². The highest BCUT2D eigenvalue weighted by molar-refractivity contribution is 6.10. The zero-order valence-electron chi connectivity index (χ0n) is 16.7. The number of carbonyl (C=O) groups is 2. The Balaban J connectivity index is 1.91. The highest BCUT2D eigenvalue weighted by Crippen LogP contribution is 2.49. The van der Waals surface area contributed by atoms with Gasteiger partial charge in [0.05, 0.1) is 6.10 Å². The van der Waals surface area contributed by atoms with Crippen LogP contribution >= 0.6 is 0 Å². The third-order valence-corrected chi connectivity index (χ3v) is 6.58. The lowest BCUT2D eigenvalue weighted by atomic mass is 9.60. The third kappa shape index (κ3) is 3.81. The second kappa shape index (κ2) is 8.11. The molecular formula is C22H31NO4. The summed E-state index contributed by atoms with van der Waals surface area (Å²) >= 11 is 0. The number of hydrogen-bond donors (Lipinski definition) is 1. The average Bonchev–Trinajstić information content (AvgIpc) is 2.67. The minimum absolute atomic E-state index is 0.0768. The molecule has 148 valence electrons. The van der Waals surface area contributed by atoms with Crippen LogP contribution in [-0.4, -0.2) is 24.8 Å².